The zero-order valence-electron chi connectivity index (χ0n) is 23.5. The largest absolute Gasteiger partial charge is 0.443 e. The lowest BCUT2D eigenvalue weighted by atomic mass is 10.1. The van der Waals surface area contributed by atoms with Gasteiger partial charge in [-0.05, 0) is 45.0 Å². The van der Waals surface area contributed by atoms with Crippen LogP contribution in [0.2, 0.25) is 0 Å². The SMILES string of the molecule is CNC(=O)OCc1nc(N(C)C(C)C)cc2c1CN(c1cccc(-c3nncn3[C@@H](C)c3ccccc3F)n1)C2=O. The minimum absolute atomic E-state index is 0.0899. The van der Waals surface area contributed by atoms with E-state index in [1.165, 1.54) is 19.4 Å². The van der Waals surface area contributed by atoms with Gasteiger partial charge in [0.25, 0.3) is 5.91 Å². The Balaban J connectivity index is 1.49. The predicted molar refractivity (Wildman–Crippen MR) is 151 cm³/mol. The molecule has 1 aliphatic heterocycles. The van der Waals surface area contributed by atoms with Gasteiger partial charge in [-0.15, -0.1) is 10.2 Å². The van der Waals surface area contributed by atoms with Crippen LogP contribution >= 0.6 is 0 Å². The van der Waals surface area contributed by atoms with Gasteiger partial charge in [0.1, 0.15) is 36.1 Å². The van der Waals surface area contributed by atoms with Crippen LogP contribution in [0.25, 0.3) is 11.5 Å². The third kappa shape index (κ3) is 5.32. The molecule has 2 amide bonds. The number of alkyl carbamates (subject to hydrolysis) is 1. The molecule has 4 aromatic rings. The number of nitrogens with one attached hydrogen (secondary N) is 1. The highest BCUT2D eigenvalue weighted by Gasteiger charge is 2.34. The number of hydrogen-bond donors (Lipinski definition) is 1. The predicted octanol–water partition coefficient (Wildman–Crippen LogP) is 4.34. The van der Waals surface area contributed by atoms with Crippen molar-refractivity contribution in [3.63, 3.8) is 0 Å². The number of carbonyl (C=O) groups is 2. The molecule has 1 aromatic carbocycles. The molecule has 1 N–H and O–H groups in total. The molecule has 0 fully saturated rings. The van der Waals surface area contributed by atoms with E-state index in [1.54, 1.807) is 51.9 Å². The Hall–Kier alpha value is -4.87. The molecule has 4 heterocycles. The van der Waals surface area contributed by atoms with Crippen molar-refractivity contribution in [2.24, 2.45) is 0 Å². The van der Waals surface area contributed by atoms with Crippen LogP contribution in [0.4, 0.5) is 20.8 Å². The molecule has 12 heteroatoms. The first-order valence-corrected chi connectivity index (χ1v) is 13.2. The summed E-state index contributed by atoms with van der Waals surface area (Å²) < 4.78 is 21.6. The molecule has 0 aliphatic carbocycles. The maximum atomic E-state index is 14.5. The first-order chi connectivity index (χ1) is 19.7. The third-order valence-electron chi connectivity index (χ3n) is 7.25. The number of benzene rings is 1. The fourth-order valence-corrected chi connectivity index (χ4v) is 4.68. The average molecular weight is 559 g/mol. The maximum absolute atomic E-state index is 14.5. The van der Waals surface area contributed by atoms with Crippen molar-refractivity contribution in [2.75, 3.05) is 23.9 Å². The Morgan fingerprint density at radius 2 is 1.93 bits per heavy atom. The van der Waals surface area contributed by atoms with Gasteiger partial charge in [-0.1, -0.05) is 24.3 Å². The van der Waals surface area contributed by atoms with E-state index in [0.29, 0.717) is 45.5 Å². The summed E-state index contributed by atoms with van der Waals surface area (Å²) >= 11 is 0. The topological polar surface area (TPSA) is 118 Å². The van der Waals surface area contributed by atoms with Crippen molar-refractivity contribution in [2.45, 2.75) is 46.0 Å². The Kier molecular flexibility index (Phi) is 7.64. The van der Waals surface area contributed by atoms with Gasteiger partial charge in [0.15, 0.2) is 5.82 Å². The summed E-state index contributed by atoms with van der Waals surface area (Å²) in [6.07, 6.45) is 0.946. The van der Waals surface area contributed by atoms with Crippen LogP contribution in [-0.4, -0.2) is 56.9 Å². The Labute approximate surface area is 237 Å². The molecule has 0 saturated heterocycles. The molecule has 41 heavy (non-hydrogen) atoms. The standard InChI is InChI=1S/C29H31FN8O3/c1-17(2)36(5)26-13-20-21(24(34-26)15-41-29(40)31-4)14-37(28(20)39)25-12-8-11-23(33-25)27-35-32-16-38(27)18(3)19-9-6-7-10-22(19)30/h6-13,16-18H,14-15H2,1-5H3,(H,31,40)/t18-/m0/s1. The van der Waals surface area contributed by atoms with Gasteiger partial charge >= 0.3 is 6.09 Å². The molecule has 0 unspecified atom stereocenters. The van der Waals surface area contributed by atoms with E-state index in [1.807, 2.05) is 32.7 Å². The number of pyridine rings is 2. The monoisotopic (exact) mass is 558 g/mol. The summed E-state index contributed by atoms with van der Waals surface area (Å²) in [6.45, 7) is 6.01. The molecular formula is C29H31FN8O3. The molecule has 11 nitrogen and oxygen atoms in total. The number of hydrogen-bond acceptors (Lipinski definition) is 8. The molecule has 0 bridgehead atoms. The molecular weight excluding hydrogens is 527 g/mol. The van der Waals surface area contributed by atoms with Crippen LogP contribution in [0, 0.1) is 5.82 Å². The van der Waals surface area contributed by atoms with Gasteiger partial charge < -0.3 is 19.5 Å². The molecule has 0 saturated carbocycles. The van der Waals surface area contributed by atoms with Crippen molar-refractivity contribution in [3.05, 3.63) is 83.1 Å². The fourth-order valence-electron chi connectivity index (χ4n) is 4.68. The van der Waals surface area contributed by atoms with E-state index < -0.39 is 12.1 Å². The molecule has 1 atom stereocenters. The summed E-state index contributed by atoms with van der Waals surface area (Å²) in [4.78, 5) is 38.5. The van der Waals surface area contributed by atoms with Gasteiger partial charge in [-0.3, -0.25) is 9.69 Å². The van der Waals surface area contributed by atoms with Crippen molar-refractivity contribution in [3.8, 4) is 11.5 Å². The molecule has 5 rings (SSSR count). The van der Waals surface area contributed by atoms with Gasteiger partial charge in [0.05, 0.1) is 23.8 Å². The molecule has 0 radical (unpaired) electrons. The van der Waals surface area contributed by atoms with Crippen molar-refractivity contribution in [1.29, 1.82) is 0 Å². The van der Waals surface area contributed by atoms with Crippen molar-refractivity contribution in [1.82, 2.24) is 30.0 Å². The highest BCUT2D eigenvalue weighted by atomic mass is 19.1. The van der Waals surface area contributed by atoms with E-state index in [4.69, 9.17) is 14.7 Å². The van der Waals surface area contributed by atoms with E-state index in [0.717, 1.165) is 0 Å². The number of halogens is 1. The molecule has 3 aromatic heterocycles. The number of amides is 2. The molecule has 0 spiro atoms. The van der Waals surface area contributed by atoms with E-state index in [-0.39, 0.29) is 30.9 Å². The minimum Gasteiger partial charge on any atom is -0.443 e. The Bertz CT molecular complexity index is 1600. The maximum Gasteiger partial charge on any atom is 0.407 e. The summed E-state index contributed by atoms with van der Waals surface area (Å²) in [6, 6.07) is 13.3. The number of ether oxygens (including phenoxy) is 1. The quantitative estimate of drug-likeness (QED) is 0.339. The second-order valence-electron chi connectivity index (χ2n) is 10.0. The molecule has 1 aliphatic rings. The third-order valence-corrected chi connectivity index (χ3v) is 7.25. The minimum atomic E-state index is -0.590. The lowest BCUT2D eigenvalue weighted by Gasteiger charge is -2.23. The van der Waals surface area contributed by atoms with Gasteiger partial charge in [0, 0.05) is 31.3 Å². The summed E-state index contributed by atoms with van der Waals surface area (Å²) in [5.74, 6) is 0.881. The zero-order valence-corrected chi connectivity index (χ0v) is 23.5. The lowest BCUT2D eigenvalue weighted by molar-refractivity contribution is 0.0996. The summed E-state index contributed by atoms with van der Waals surface area (Å²) in [5, 5.41) is 10.7. The highest BCUT2D eigenvalue weighted by molar-refractivity contribution is 6.10. The lowest BCUT2D eigenvalue weighted by Crippen LogP contribution is -2.27. The fraction of sp³-hybridized carbons (Fsp3) is 0.310. The van der Waals surface area contributed by atoms with Crippen molar-refractivity contribution >= 4 is 23.6 Å². The summed E-state index contributed by atoms with van der Waals surface area (Å²) in [5.41, 5.74) is 2.62. The first kappa shape index (κ1) is 27.7. The number of nitrogens with zero attached hydrogens (tertiary/aromatic N) is 7. The van der Waals surface area contributed by atoms with Gasteiger partial charge in [0.2, 0.25) is 0 Å². The van der Waals surface area contributed by atoms with Crippen LogP contribution in [-0.2, 0) is 17.9 Å². The van der Waals surface area contributed by atoms with Crippen LogP contribution in [0.1, 0.15) is 54.0 Å². The average Bonchev–Trinajstić information content (AvgIpc) is 3.60. The van der Waals surface area contributed by atoms with E-state index >= 15 is 0 Å². The highest BCUT2D eigenvalue weighted by Crippen LogP contribution is 2.33. The van der Waals surface area contributed by atoms with Crippen LogP contribution < -0.4 is 15.1 Å². The van der Waals surface area contributed by atoms with Gasteiger partial charge in [-0.25, -0.2) is 19.2 Å². The Morgan fingerprint density at radius 1 is 1.15 bits per heavy atom. The van der Waals surface area contributed by atoms with Crippen LogP contribution in [0.5, 0.6) is 0 Å². The number of rotatable bonds is 8. The number of carbonyl (C=O) groups excluding carboxylic acids is 2. The number of aromatic nitrogens is 5. The van der Waals surface area contributed by atoms with Crippen LogP contribution in [0.15, 0.2) is 54.9 Å². The van der Waals surface area contributed by atoms with E-state index in [2.05, 4.69) is 15.5 Å². The number of anilines is 2. The molecule has 212 valence electrons. The summed E-state index contributed by atoms with van der Waals surface area (Å²) in [7, 11) is 3.37. The van der Waals surface area contributed by atoms with Crippen molar-refractivity contribution < 1.29 is 18.7 Å². The first-order valence-electron chi connectivity index (χ1n) is 13.2. The second-order valence-corrected chi connectivity index (χ2v) is 10.0. The zero-order chi connectivity index (χ0) is 29.3. The van der Waals surface area contributed by atoms with Gasteiger partial charge in [-0.2, -0.15) is 0 Å². The normalized spacial score (nSPS) is 13.3. The smallest absolute Gasteiger partial charge is 0.407 e. The number of fused-ring (bicyclic) bond motifs is 1. The van der Waals surface area contributed by atoms with E-state index in [9.17, 15) is 14.0 Å². The van der Waals surface area contributed by atoms with Crippen LogP contribution in [0.3, 0.4) is 0 Å². The Morgan fingerprint density at radius 3 is 2.66 bits per heavy atom. The second kappa shape index (κ2) is 11.3.